The van der Waals surface area contributed by atoms with E-state index in [0.29, 0.717) is 12.1 Å². The summed E-state index contributed by atoms with van der Waals surface area (Å²) in [4.78, 5) is 22.4. The van der Waals surface area contributed by atoms with Gasteiger partial charge in [0.15, 0.2) is 0 Å². The van der Waals surface area contributed by atoms with Crippen LogP contribution in [0.25, 0.3) is 10.9 Å². The van der Waals surface area contributed by atoms with Crippen molar-refractivity contribution in [2.75, 3.05) is 44.6 Å². The maximum atomic E-state index is 12.8. The van der Waals surface area contributed by atoms with Gasteiger partial charge in [-0.2, -0.15) is 0 Å². The highest BCUT2D eigenvalue weighted by molar-refractivity contribution is 5.96. The van der Waals surface area contributed by atoms with Crippen molar-refractivity contribution in [2.24, 2.45) is 0 Å². The van der Waals surface area contributed by atoms with Crippen molar-refractivity contribution in [1.82, 2.24) is 20.1 Å². The molecule has 1 fully saturated rings. The van der Waals surface area contributed by atoms with Gasteiger partial charge >= 0.3 is 0 Å². The van der Waals surface area contributed by atoms with Crippen molar-refractivity contribution in [3.05, 3.63) is 102 Å². The maximum absolute atomic E-state index is 12.8. The van der Waals surface area contributed by atoms with Crippen LogP contribution in [0.15, 0.2) is 84.9 Å². The van der Waals surface area contributed by atoms with Crippen LogP contribution >= 0.6 is 0 Å². The Morgan fingerprint density at radius 3 is 2.44 bits per heavy atom. The molecule has 1 amide bonds. The van der Waals surface area contributed by atoms with Crippen LogP contribution in [0, 0.1) is 6.92 Å². The monoisotopic (exact) mass is 479 g/mol. The first-order valence-corrected chi connectivity index (χ1v) is 12.6. The standard InChI is InChI=1S/C30H33N5O/c1-23-20-29(27-12-5-6-13-28(27)32-23)33-26-11-7-10-25(21-26)30(36)31-14-15-34-16-18-35(19-17-34)22-24-8-3-2-4-9-24/h2-13,20-21H,14-19,22H2,1H3,(H,31,36)(H,32,33). The number of aryl methyl sites for hydroxylation is 1. The summed E-state index contributed by atoms with van der Waals surface area (Å²) in [6.07, 6.45) is 0. The lowest BCUT2D eigenvalue weighted by Gasteiger charge is -2.34. The number of amides is 1. The van der Waals surface area contributed by atoms with Gasteiger partial charge in [-0.1, -0.05) is 54.6 Å². The largest absolute Gasteiger partial charge is 0.355 e. The molecule has 3 aromatic carbocycles. The maximum Gasteiger partial charge on any atom is 0.251 e. The van der Waals surface area contributed by atoms with Crippen LogP contribution in [0.3, 0.4) is 0 Å². The number of hydrogen-bond acceptors (Lipinski definition) is 5. The van der Waals surface area contributed by atoms with E-state index < -0.39 is 0 Å². The Labute approximate surface area is 213 Å². The Hall–Kier alpha value is -3.74. The Bertz CT molecular complexity index is 1320. The molecular formula is C30H33N5O. The number of piperazine rings is 1. The molecule has 6 nitrogen and oxygen atoms in total. The first kappa shape index (κ1) is 24.0. The summed E-state index contributed by atoms with van der Waals surface area (Å²) in [5, 5.41) is 7.63. The zero-order chi connectivity index (χ0) is 24.7. The number of carbonyl (C=O) groups is 1. The van der Waals surface area contributed by atoms with E-state index in [1.54, 1.807) is 0 Å². The lowest BCUT2D eigenvalue weighted by atomic mass is 10.1. The van der Waals surface area contributed by atoms with Crippen molar-refractivity contribution in [3.8, 4) is 0 Å². The second-order valence-corrected chi connectivity index (χ2v) is 9.39. The second-order valence-electron chi connectivity index (χ2n) is 9.39. The Balaban J connectivity index is 1.11. The number of hydrogen-bond donors (Lipinski definition) is 2. The Morgan fingerprint density at radius 2 is 1.61 bits per heavy atom. The van der Waals surface area contributed by atoms with Crippen molar-refractivity contribution >= 4 is 28.2 Å². The number of benzene rings is 3. The molecule has 5 rings (SSSR count). The van der Waals surface area contributed by atoms with Gasteiger partial charge in [0, 0.05) is 73.8 Å². The third-order valence-corrected chi connectivity index (χ3v) is 6.68. The number of rotatable bonds is 8. The number of para-hydroxylation sites is 1. The molecule has 184 valence electrons. The predicted molar refractivity (Wildman–Crippen MR) is 147 cm³/mol. The van der Waals surface area contributed by atoms with Crippen LogP contribution in [0.2, 0.25) is 0 Å². The van der Waals surface area contributed by atoms with Gasteiger partial charge in [-0.25, -0.2) is 0 Å². The van der Waals surface area contributed by atoms with Crippen LogP contribution in [0.1, 0.15) is 21.6 Å². The molecule has 4 aromatic rings. The van der Waals surface area contributed by atoms with Crippen LogP contribution in [-0.2, 0) is 6.54 Å². The normalized spacial score (nSPS) is 14.6. The van der Waals surface area contributed by atoms with E-state index in [-0.39, 0.29) is 5.91 Å². The van der Waals surface area contributed by atoms with E-state index >= 15 is 0 Å². The Morgan fingerprint density at radius 1 is 0.861 bits per heavy atom. The summed E-state index contributed by atoms with van der Waals surface area (Å²) in [5.74, 6) is -0.0443. The average Bonchev–Trinajstić information content (AvgIpc) is 2.90. The highest BCUT2D eigenvalue weighted by atomic mass is 16.1. The number of nitrogens with one attached hydrogen (secondary N) is 2. The lowest BCUT2D eigenvalue weighted by molar-refractivity contribution is 0.0934. The predicted octanol–water partition coefficient (Wildman–Crippen LogP) is 4.83. The zero-order valence-corrected chi connectivity index (χ0v) is 20.8. The van der Waals surface area contributed by atoms with Crippen molar-refractivity contribution in [2.45, 2.75) is 13.5 Å². The third-order valence-electron chi connectivity index (χ3n) is 6.68. The van der Waals surface area contributed by atoms with Crippen molar-refractivity contribution < 1.29 is 4.79 Å². The minimum Gasteiger partial charge on any atom is -0.355 e. The molecule has 1 aromatic heterocycles. The van der Waals surface area contributed by atoms with E-state index in [0.717, 1.165) is 67.2 Å². The lowest BCUT2D eigenvalue weighted by Crippen LogP contribution is -2.48. The number of fused-ring (bicyclic) bond motifs is 1. The van der Waals surface area contributed by atoms with Gasteiger partial charge < -0.3 is 10.6 Å². The van der Waals surface area contributed by atoms with Gasteiger partial charge in [-0.05, 0) is 42.8 Å². The van der Waals surface area contributed by atoms with Gasteiger partial charge in [0.05, 0.1) is 5.52 Å². The molecule has 0 radical (unpaired) electrons. The van der Waals surface area contributed by atoms with Gasteiger partial charge in [-0.3, -0.25) is 19.6 Å². The van der Waals surface area contributed by atoms with Gasteiger partial charge in [0.1, 0.15) is 0 Å². The SMILES string of the molecule is Cc1cc(Nc2cccc(C(=O)NCCN3CCN(Cc4ccccc4)CC3)c2)c2ccccc2n1. The van der Waals surface area contributed by atoms with Crippen molar-refractivity contribution in [1.29, 1.82) is 0 Å². The summed E-state index contributed by atoms with van der Waals surface area (Å²) >= 11 is 0. The van der Waals surface area contributed by atoms with Gasteiger partial charge in [0.25, 0.3) is 5.91 Å². The first-order chi connectivity index (χ1) is 17.6. The van der Waals surface area contributed by atoms with E-state index in [9.17, 15) is 4.79 Å². The fourth-order valence-electron chi connectivity index (χ4n) is 4.75. The summed E-state index contributed by atoms with van der Waals surface area (Å²) in [5.41, 5.74) is 5.79. The molecule has 1 aliphatic rings. The topological polar surface area (TPSA) is 60.5 Å². The summed E-state index contributed by atoms with van der Waals surface area (Å²) < 4.78 is 0. The molecule has 2 N–H and O–H groups in total. The smallest absolute Gasteiger partial charge is 0.251 e. The molecule has 0 spiro atoms. The minimum atomic E-state index is -0.0443. The quantitative estimate of drug-likeness (QED) is 0.379. The van der Waals surface area contributed by atoms with Gasteiger partial charge in [0.2, 0.25) is 0 Å². The molecule has 36 heavy (non-hydrogen) atoms. The van der Waals surface area contributed by atoms with E-state index in [1.807, 2.05) is 55.5 Å². The molecular weight excluding hydrogens is 446 g/mol. The van der Waals surface area contributed by atoms with Crippen LogP contribution < -0.4 is 10.6 Å². The number of aromatic nitrogens is 1. The molecule has 2 heterocycles. The molecule has 0 aliphatic carbocycles. The molecule has 6 heteroatoms. The number of nitrogens with zero attached hydrogens (tertiary/aromatic N) is 3. The highest BCUT2D eigenvalue weighted by Gasteiger charge is 2.17. The number of anilines is 2. The molecule has 0 unspecified atom stereocenters. The third kappa shape index (κ3) is 6.08. The fraction of sp³-hybridized carbons (Fsp3) is 0.267. The second kappa shape index (κ2) is 11.3. The summed E-state index contributed by atoms with van der Waals surface area (Å²) in [6, 6.07) is 28.4. The Kier molecular flexibility index (Phi) is 7.55. The highest BCUT2D eigenvalue weighted by Crippen LogP contribution is 2.26. The summed E-state index contributed by atoms with van der Waals surface area (Å²) in [7, 11) is 0. The number of pyridine rings is 1. The molecule has 1 aliphatic heterocycles. The van der Waals surface area contributed by atoms with Crippen LogP contribution in [0.5, 0.6) is 0 Å². The van der Waals surface area contributed by atoms with E-state index in [4.69, 9.17) is 0 Å². The van der Waals surface area contributed by atoms with E-state index in [1.165, 1.54) is 5.56 Å². The minimum absolute atomic E-state index is 0.0443. The summed E-state index contributed by atoms with van der Waals surface area (Å²) in [6.45, 7) is 8.67. The molecule has 0 saturated carbocycles. The molecule has 0 bridgehead atoms. The van der Waals surface area contributed by atoms with Gasteiger partial charge in [-0.15, -0.1) is 0 Å². The van der Waals surface area contributed by atoms with Crippen LogP contribution in [0.4, 0.5) is 11.4 Å². The average molecular weight is 480 g/mol. The van der Waals surface area contributed by atoms with Crippen molar-refractivity contribution in [3.63, 3.8) is 0 Å². The zero-order valence-electron chi connectivity index (χ0n) is 20.8. The molecule has 0 atom stereocenters. The van der Waals surface area contributed by atoms with Crippen LogP contribution in [-0.4, -0.2) is 60.0 Å². The van der Waals surface area contributed by atoms with E-state index in [2.05, 4.69) is 61.8 Å². The fourth-order valence-corrected chi connectivity index (χ4v) is 4.75. The number of carbonyl (C=O) groups excluding carboxylic acids is 1. The first-order valence-electron chi connectivity index (χ1n) is 12.6. The molecule has 1 saturated heterocycles.